The van der Waals surface area contributed by atoms with Crippen molar-refractivity contribution in [3.8, 4) is 0 Å². The molecule has 0 fully saturated rings. The molecule has 0 aromatic carbocycles. The van der Waals surface area contributed by atoms with Crippen LogP contribution in [0.15, 0.2) is 0 Å². The first kappa shape index (κ1) is 12.3. The second-order valence-corrected chi connectivity index (χ2v) is 2.04. The van der Waals surface area contributed by atoms with Crippen molar-refractivity contribution in [3.05, 3.63) is 0 Å². The largest absolute Gasteiger partial charge is 1.00 e. The van der Waals surface area contributed by atoms with Gasteiger partial charge in [0.2, 0.25) is 0 Å². The Morgan fingerprint density at radius 3 is 1.22 bits per heavy atom. The molecular formula is C4H12INO3. The molecular weight excluding hydrogens is 237 g/mol. The highest BCUT2D eigenvalue weighted by atomic mass is 127. The number of nitrogens with zero attached hydrogens (tertiary/aromatic N) is 1. The first-order valence-corrected chi connectivity index (χ1v) is 2.34. The molecule has 0 amide bonds. The molecule has 0 atom stereocenters. The van der Waals surface area contributed by atoms with Gasteiger partial charge in [-0.2, -0.15) is 0 Å². The standard InChI is InChI=1S/C4H12NO3.HI/c1-5(2-6,3-7)4-8;/h6-8H,2-4H2,1H3;1H/q+1;/p-1. The molecule has 0 aromatic heterocycles. The lowest BCUT2D eigenvalue weighted by atomic mass is 10.7. The van der Waals surface area contributed by atoms with Gasteiger partial charge in [0.05, 0.1) is 7.05 Å². The average molecular weight is 249 g/mol. The summed E-state index contributed by atoms with van der Waals surface area (Å²) >= 11 is 0. The molecule has 0 unspecified atom stereocenters. The molecule has 0 saturated heterocycles. The van der Waals surface area contributed by atoms with Crippen LogP contribution in [-0.2, 0) is 0 Å². The molecule has 0 saturated carbocycles. The van der Waals surface area contributed by atoms with Crippen LogP contribution in [0.1, 0.15) is 0 Å². The molecule has 0 radical (unpaired) electrons. The van der Waals surface area contributed by atoms with Crippen LogP contribution in [0.3, 0.4) is 0 Å². The van der Waals surface area contributed by atoms with Gasteiger partial charge >= 0.3 is 0 Å². The highest BCUT2D eigenvalue weighted by Gasteiger charge is 2.15. The summed E-state index contributed by atoms with van der Waals surface area (Å²) in [5.74, 6) is 0. The molecule has 0 aliphatic heterocycles. The Balaban J connectivity index is 0. The fourth-order valence-corrected chi connectivity index (χ4v) is 0.134. The summed E-state index contributed by atoms with van der Waals surface area (Å²) in [6.45, 7) is -0.729. The highest BCUT2D eigenvalue weighted by Crippen LogP contribution is 1.93. The molecule has 0 rings (SSSR count). The maximum Gasteiger partial charge on any atom is 0.183 e. The van der Waals surface area contributed by atoms with E-state index in [1.54, 1.807) is 7.05 Å². The Morgan fingerprint density at radius 1 is 1.00 bits per heavy atom. The van der Waals surface area contributed by atoms with Gasteiger partial charge in [0, 0.05) is 0 Å². The first-order valence-electron chi connectivity index (χ1n) is 2.34. The fourth-order valence-electron chi connectivity index (χ4n) is 0.134. The summed E-state index contributed by atoms with van der Waals surface area (Å²) in [6, 6.07) is 0. The van der Waals surface area contributed by atoms with Crippen LogP contribution in [0.2, 0.25) is 0 Å². The smallest absolute Gasteiger partial charge is 0.183 e. The van der Waals surface area contributed by atoms with Crippen molar-refractivity contribution in [1.29, 1.82) is 0 Å². The monoisotopic (exact) mass is 249 g/mol. The van der Waals surface area contributed by atoms with Crippen molar-refractivity contribution >= 4 is 0 Å². The maximum atomic E-state index is 8.44. The van der Waals surface area contributed by atoms with E-state index in [4.69, 9.17) is 15.3 Å². The number of hydrogen-bond donors (Lipinski definition) is 3. The fraction of sp³-hybridized carbons (Fsp3) is 1.00. The number of hydrogen-bond acceptors (Lipinski definition) is 3. The van der Waals surface area contributed by atoms with Gasteiger partial charge in [0.1, 0.15) is 0 Å². The van der Waals surface area contributed by atoms with Gasteiger partial charge in [-0.15, -0.1) is 0 Å². The Bertz CT molecular complexity index is 58.6. The third kappa shape index (κ3) is 4.04. The maximum absolute atomic E-state index is 8.44. The Morgan fingerprint density at radius 2 is 1.22 bits per heavy atom. The van der Waals surface area contributed by atoms with E-state index in [-0.39, 0.29) is 48.7 Å². The van der Waals surface area contributed by atoms with Crippen LogP contribution in [-0.4, -0.2) is 47.0 Å². The minimum absolute atomic E-state index is 0. The third-order valence-corrected chi connectivity index (χ3v) is 1.02. The second-order valence-electron chi connectivity index (χ2n) is 2.04. The molecule has 0 aliphatic rings. The van der Waals surface area contributed by atoms with Gasteiger partial charge < -0.3 is 39.3 Å². The molecule has 0 heterocycles. The van der Waals surface area contributed by atoms with Crippen molar-refractivity contribution in [2.45, 2.75) is 0 Å². The zero-order valence-electron chi connectivity index (χ0n) is 5.29. The lowest BCUT2D eigenvalue weighted by molar-refractivity contribution is -0.959. The van der Waals surface area contributed by atoms with Gasteiger partial charge in [-0.05, 0) is 0 Å². The van der Waals surface area contributed by atoms with E-state index in [1.807, 2.05) is 0 Å². The molecule has 4 nitrogen and oxygen atoms in total. The van der Waals surface area contributed by atoms with Crippen molar-refractivity contribution in [2.24, 2.45) is 0 Å². The highest BCUT2D eigenvalue weighted by molar-refractivity contribution is 4.06. The van der Waals surface area contributed by atoms with Crippen LogP contribution < -0.4 is 24.0 Å². The van der Waals surface area contributed by atoms with Gasteiger partial charge in [-0.1, -0.05) is 0 Å². The summed E-state index contributed by atoms with van der Waals surface area (Å²) in [4.78, 5) is 0. The van der Waals surface area contributed by atoms with Gasteiger partial charge in [-0.3, -0.25) is 4.48 Å². The Labute approximate surface area is 71.3 Å². The Hall–Kier alpha value is 0.570. The number of halogens is 1. The van der Waals surface area contributed by atoms with Crippen LogP contribution in [0.25, 0.3) is 0 Å². The SMILES string of the molecule is C[N+](CO)(CO)CO.[I-]. The van der Waals surface area contributed by atoms with E-state index in [9.17, 15) is 0 Å². The zero-order valence-corrected chi connectivity index (χ0v) is 7.45. The van der Waals surface area contributed by atoms with Crippen molar-refractivity contribution in [2.75, 3.05) is 27.2 Å². The van der Waals surface area contributed by atoms with Crippen molar-refractivity contribution in [3.63, 3.8) is 0 Å². The van der Waals surface area contributed by atoms with E-state index in [0.29, 0.717) is 0 Å². The van der Waals surface area contributed by atoms with Crippen LogP contribution in [0.5, 0.6) is 0 Å². The third-order valence-electron chi connectivity index (χ3n) is 1.02. The van der Waals surface area contributed by atoms with Crippen molar-refractivity contribution in [1.82, 2.24) is 0 Å². The van der Waals surface area contributed by atoms with E-state index in [0.717, 1.165) is 0 Å². The molecule has 5 heteroatoms. The minimum Gasteiger partial charge on any atom is -1.00 e. The summed E-state index contributed by atoms with van der Waals surface area (Å²) in [5.41, 5.74) is 0. The second kappa shape index (κ2) is 5.36. The summed E-state index contributed by atoms with van der Waals surface area (Å²) in [5, 5.41) is 25.3. The molecule has 9 heavy (non-hydrogen) atoms. The van der Waals surface area contributed by atoms with Crippen molar-refractivity contribution < 1.29 is 43.8 Å². The summed E-state index contributed by atoms with van der Waals surface area (Å²) in [6.07, 6.45) is 0. The predicted octanol–water partition coefficient (Wildman–Crippen LogP) is -4.71. The summed E-state index contributed by atoms with van der Waals surface area (Å²) < 4.78 is -0.125. The average Bonchev–Trinajstić information content (AvgIpc) is 1.87. The number of aliphatic hydroxyl groups excluding tert-OH is 3. The summed E-state index contributed by atoms with van der Waals surface area (Å²) in [7, 11) is 1.54. The number of quaternary nitrogens is 1. The number of rotatable bonds is 3. The molecule has 0 aromatic rings. The molecule has 58 valence electrons. The lowest BCUT2D eigenvalue weighted by Crippen LogP contribution is -3.00. The van der Waals surface area contributed by atoms with E-state index < -0.39 is 0 Å². The van der Waals surface area contributed by atoms with E-state index >= 15 is 0 Å². The minimum atomic E-state index is -0.243. The Kier molecular flexibility index (Phi) is 7.31. The topological polar surface area (TPSA) is 60.7 Å². The van der Waals surface area contributed by atoms with Gasteiger partial charge in [0.15, 0.2) is 20.2 Å². The van der Waals surface area contributed by atoms with E-state index in [2.05, 4.69) is 0 Å². The van der Waals surface area contributed by atoms with Crippen LogP contribution >= 0.6 is 0 Å². The normalized spacial score (nSPS) is 10.7. The van der Waals surface area contributed by atoms with E-state index in [1.165, 1.54) is 0 Å². The zero-order chi connectivity index (χ0) is 6.62. The quantitative estimate of drug-likeness (QED) is 0.267. The molecule has 0 bridgehead atoms. The molecule has 0 aliphatic carbocycles. The molecule has 0 spiro atoms. The predicted molar refractivity (Wildman–Crippen MR) is 27.4 cm³/mol. The van der Waals surface area contributed by atoms with Gasteiger partial charge in [0.25, 0.3) is 0 Å². The molecule has 3 N–H and O–H groups in total. The van der Waals surface area contributed by atoms with Crippen LogP contribution in [0.4, 0.5) is 0 Å². The van der Waals surface area contributed by atoms with Crippen LogP contribution in [0, 0.1) is 0 Å². The lowest BCUT2D eigenvalue weighted by Gasteiger charge is -2.25. The number of aliphatic hydroxyl groups is 3. The van der Waals surface area contributed by atoms with Gasteiger partial charge in [-0.25, -0.2) is 0 Å². The first-order chi connectivity index (χ1) is 3.68.